The predicted octanol–water partition coefficient (Wildman–Crippen LogP) is 3.18. The van der Waals surface area contributed by atoms with Crippen LogP contribution in [-0.4, -0.2) is 20.9 Å². The Morgan fingerprint density at radius 1 is 1.04 bits per heavy atom. The second-order valence-electron chi connectivity index (χ2n) is 5.46. The van der Waals surface area contributed by atoms with Crippen molar-refractivity contribution in [2.75, 3.05) is 0 Å². The average molecular weight is 342 g/mol. The first-order valence-corrected chi connectivity index (χ1v) is 7.26. The zero-order valence-electron chi connectivity index (χ0n) is 13.0. The molecule has 5 nitrogen and oxygen atoms in total. The van der Waals surface area contributed by atoms with Crippen LogP contribution in [0, 0.1) is 18.6 Å². The molecule has 0 radical (unpaired) electrons. The second kappa shape index (κ2) is 6.27. The lowest BCUT2D eigenvalue weighted by Crippen LogP contribution is -2.28. The van der Waals surface area contributed by atoms with Crippen molar-refractivity contribution < 1.29 is 18.7 Å². The van der Waals surface area contributed by atoms with Crippen molar-refractivity contribution in [3.05, 3.63) is 81.6 Å². The van der Waals surface area contributed by atoms with Crippen LogP contribution in [-0.2, 0) is 0 Å². The highest BCUT2D eigenvalue weighted by molar-refractivity contribution is 5.88. The van der Waals surface area contributed by atoms with Crippen molar-refractivity contribution in [2.24, 2.45) is 0 Å². The largest absolute Gasteiger partial charge is 0.477 e. The third-order valence-electron chi connectivity index (χ3n) is 3.58. The van der Waals surface area contributed by atoms with Crippen molar-refractivity contribution >= 4 is 5.97 Å². The standard InChI is InChI=1S/C18H12F2N2O3/c1-10-2-4-11(5-3-10)16-9-15(18(24)25)17(23)22(21-16)14-7-12(19)6-13(20)8-14/h2-9H,1H3,(H,24,25). The molecule has 3 aromatic rings. The Bertz CT molecular complexity index is 1010. The molecule has 1 heterocycles. The van der Waals surface area contributed by atoms with E-state index in [1.54, 1.807) is 24.3 Å². The molecule has 0 aliphatic carbocycles. The minimum absolute atomic E-state index is 0.195. The van der Waals surface area contributed by atoms with Gasteiger partial charge in [-0.15, -0.1) is 0 Å². The summed E-state index contributed by atoms with van der Waals surface area (Å²) in [5.74, 6) is -3.26. The Kier molecular flexibility index (Phi) is 4.14. The zero-order valence-corrected chi connectivity index (χ0v) is 13.0. The first kappa shape index (κ1) is 16.5. The van der Waals surface area contributed by atoms with Crippen LogP contribution in [0.15, 0.2) is 53.3 Å². The van der Waals surface area contributed by atoms with E-state index in [0.29, 0.717) is 16.3 Å². The number of aromatic nitrogens is 2. The Labute approximate surface area is 140 Å². The monoisotopic (exact) mass is 342 g/mol. The molecule has 0 aliphatic rings. The molecular formula is C18H12F2N2O3. The molecule has 25 heavy (non-hydrogen) atoms. The number of carboxylic acids is 1. The maximum atomic E-state index is 13.5. The molecule has 0 saturated heterocycles. The summed E-state index contributed by atoms with van der Waals surface area (Å²) in [7, 11) is 0. The highest BCUT2D eigenvalue weighted by Gasteiger charge is 2.17. The maximum absolute atomic E-state index is 13.5. The van der Waals surface area contributed by atoms with Gasteiger partial charge in [0.15, 0.2) is 0 Å². The van der Waals surface area contributed by atoms with Crippen LogP contribution in [0.25, 0.3) is 16.9 Å². The van der Waals surface area contributed by atoms with E-state index in [2.05, 4.69) is 5.10 Å². The molecule has 0 aliphatic heterocycles. The second-order valence-corrected chi connectivity index (χ2v) is 5.46. The van der Waals surface area contributed by atoms with E-state index >= 15 is 0 Å². The highest BCUT2D eigenvalue weighted by Crippen LogP contribution is 2.19. The molecule has 0 amide bonds. The number of benzene rings is 2. The van der Waals surface area contributed by atoms with Gasteiger partial charge < -0.3 is 5.11 Å². The van der Waals surface area contributed by atoms with Gasteiger partial charge in [0.25, 0.3) is 5.56 Å². The van der Waals surface area contributed by atoms with Crippen LogP contribution in [0.1, 0.15) is 15.9 Å². The average Bonchev–Trinajstić information content (AvgIpc) is 2.54. The van der Waals surface area contributed by atoms with Crippen LogP contribution in [0.5, 0.6) is 0 Å². The minimum atomic E-state index is -1.45. The molecule has 0 spiro atoms. The number of carboxylic acid groups (broad SMARTS) is 1. The van der Waals surface area contributed by atoms with E-state index in [4.69, 9.17) is 0 Å². The van der Waals surface area contributed by atoms with Gasteiger partial charge in [-0.3, -0.25) is 4.79 Å². The number of aryl methyl sites for hydroxylation is 1. The van der Waals surface area contributed by atoms with Crippen molar-refractivity contribution in [2.45, 2.75) is 6.92 Å². The van der Waals surface area contributed by atoms with Gasteiger partial charge >= 0.3 is 5.97 Å². The van der Waals surface area contributed by atoms with E-state index in [1.807, 2.05) is 6.92 Å². The predicted molar refractivity (Wildman–Crippen MR) is 86.9 cm³/mol. The number of carbonyl (C=O) groups is 1. The number of hydrogen-bond acceptors (Lipinski definition) is 3. The van der Waals surface area contributed by atoms with Crippen molar-refractivity contribution in [3.63, 3.8) is 0 Å². The lowest BCUT2D eigenvalue weighted by Gasteiger charge is -2.10. The summed E-state index contributed by atoms with van der Waals surface area (Å²) in [6.07, 6.45) is 0. The van der Waals surface area contributed by atoms with Gasteiger partial charge in [0, 0.05) is 11.6 Å². The number of halogens is 2. The Morgan fingerprint density at radius 2 is 1.64 bits per heavy atom. The van der Waals surface area contributed by atoms with Gasteiger partial charge in [-0.25, -0.2) is 13.6 Å². The quantitative estimate of drug-likeness (QED) is 0.793. The summed E-state index contributed by atoms with van der Waals surface area (Å²) in [5.41, 5.74) is 0.0330. The molecule has 3 rings (SSSR count). The Morgan fingerprint density at radius 3 is 2.20 bits per heavy atom. The summed E-state index contributed by atoms with van der Waals surface area (Å²) in [5, 5.41) is 13.3. The first-order chi connectivity index (χ1) is 11.8. The van der Waals surface area contributed by atoms with Crippen molar-refractivity contribution in [1.82, 2.24) is 9.78 Å². The van der Waals surface area contributed by atoms with Crippen LogP contribution < -0.4 is 5.56 Å². The van der Waals surface area contributed by atoms with E-state index in [1.165, 1.54) is 0 Å². The smallest absolute Gasteiger partial charge is 0.341 e. The van der Waals surface area contributed by atoms with E-state index in [9.17, 15) is 23.5 Å². The molecule has 2 aromatic carbocycles. The normalized spacial score (nSPS) is 10.7. The van der Waals surface area contributed by atoms with Crippen molar-refractivity contribution in [3.8, 4) is 16.9 Å². The minimum Gasteiger partial charge on any atom is -0.477 e. The van der Waals surface area contributed by atoms with Crippen LogP contribution in [0.4, 0.5) is 8.78 Å². The van der Waals surface area contributed by atoms with Crippen LogP contribution >= 0.6 is 0 Å². The topological polar surface area (TPSA) is 72.2 Å². The van der Waals surface area contributed by atoms with Gasteiger partial charge in [0.1, 0.15) is 17.2 Å². The fourth-order valence-corrected chi connectivity index (χ4v) is 2.35. The highest BCUT2D eigenvalue weighted by atomic mass is 19.1. The van der Waals surface area contributed by atoms with Gasteiger partial charge in [-0.2, -0.15) is 9.78 Å². The Balaban J connectivity index is 2.29. The molecule has 0 unspecified atom stereocenters. The summed E-state index contributed by atoms with van der Waals surface area (Å²) in [4.78, 5) is 23.7. The molecule has 126 valence electrons. The van der Waals surface area contributed by atoms with Crippen molar-refractivity contribution in [1.29, 1.82) is 0 Å². The molecule has 0 fully saturated rings. The number of nitrogens with zero attached hydrogens (tertiary/aromatic N) is 2. The van der Waals surface area contributed by atoms with Gasteiger partial charge in [-0.05, 0) is 25.1 Å². The van der Waals surface area contributed by atoms with E-state index < -0.39 is 28.7 Å². The Hall–Kier alpha value is -3.35. The summed E-state index contributed by atoms with van der Waals surface area (Å²) >= 11 is 0. The molecule has 0 atom stereocenters. The fraction of sp³-hybridized carbons (Fsp3) is 0.0556. The molecular weight excluding hydrogens is 330 g/mol. The van der Waals surface area contributed by atoms with Gasteiger partial charge in [-0.1, -0.05) is 29.8 Å². The first-order valence-electron chi connectivity index (χ1n) is 7.26. The summed E-state index contributed by atoms with van der Waals surface area (Å²) in [6, 6.07) is 10.6. The molecule has 1 aromatic heterocycles. The van der Waals surface area contributed by atoms with E-state index in [-0.39, 0.29) is 11.4 Å². The number of rotatable bonds is 3. The van der Waals surface area contributed by atoms with Gasteiger partial charge in [0.2, 0.25) is 0 Å². The lowest BCUT2D eigenvalue weighted by molar-refractivity contribution is 0.0694. The number of hydrogen-bond donors (Lipinski definition) is 1. The number of aromatic carboxylic acids is 1. The van der Waals surface area contributed by atoms with Crippen LogP contribution in [0.3, 0.4) is 0 Å². The summed E-state index contributed by atoms with van der Waals surface area (Å²) < 4.78 is 27.6. The molecule has 7 heteroatoms. The van der Waals surface area contributed by atoms with E-state index in [0.717, 1.165) is 23.8 Å². The third kappa shape index (κ3) is 3.30. The fourth-order valence-electron chi connectivity index (χ4n) is 2.35. The van der Waals surface area contributed by atoms with Gasteiger partial charge in [0.05, 0.1) is 11.4 Å². The lowest BCUT2D eigenvalue weighted by atomic mass is 10.1. The van der Waals surface area contributed by atoms with Crippen LogP contribution in [0.2, 0.25) is 0 Å². The molecule has 0 saturated carbocycles. The summed E-state index contributed by atoms with van der Waals surface area (Å²) in [6.45, 7) is 1.89. The zero-order chi connectivity index (χ0) is 18.1. The third-order valence-corrected chi connectivity index (χ3v) is 3.58. The maximum Gasteiger partial charge on any atom is 0.341 e. The SMILES string of the molecule is Cc1ccc(-c2cc(C(=O)O)c(=O)n(-c3cc(F)cc(F)c3)n2)cc1. The molecule has 0 bridgehead atoms. The molecule has 1 N–H and O–H groups in total.